The second-order valence-electron chi connectivity index (χ2n) is 5.65. The molecule has 0 unspecified atom stereocenters. The second kappa shape index (κ2) is 7.68. The number of benzene rings is 1. The Morgan fingerprint density at radius 3 is 2.74 bits per heavy atom. The van der Waals surface area contributed by atoms with Crippen LogP contribution in [0.2, 0.25) is 0 Å². The summed E-state index contributed by atoms with van der Waals surface area (Å²) < 4.78 is 35.3. The van der Waals surface area contributed by atoms with E-state index in [0.29, 0.717) is 5.82 Å². The Balaban J connectivity index is 1.76. The first kappa shape index (κ1) is 18.7. The van der Waals surface area contributed by atoms with Crippen LogP contribution in [-0.2, 0) is 16.6 Å². The molecule has 1 N–H and O–H groups in total. The number of nitrogens with zero attached hydrogens (tertiary/aromatic N) is 5. The summed E-state index contributed by atoms with van der Waals surface area (Å²) in [5, 5.41) is 8.11. The second-order valence-corrected chi connectivity index (χ2v) is 7.38. The zero-order chi connectivity index (χ0) is 19.4. The highest BCUT2D eigenvalue weighted by Gasteiger charge is 2.19. The number of hydrogen-bond acceptors (Lipinski definition) is 7. The van der Waals surface area contributed by atoms with Gasteiger partial charge in [-0.15, -0.1) is 5.10 Å². The van der Waals surface area contributed by atoms with E-state index in [2.05, 4.69) is 19.9 Å². The quantitative estimate of drug-likeness (QED) is 0.608. The van der Waals surface area contributed by atoms with E-state index in [4.69, 9.17) is 4.74 Å². The molecule has 0 aliphatic carbocycles. The Labute approximate surface area is 155 Å². The lowest BCUT2D eigenvalue weighted by molar-refractivity contribution is 0.402. The number of hydrogen-bond donors (Lipinski definition) is 1. The molecule has 3 aromatic rings. The minimum atomic E-state index is -3.81. The third kappa shape index (κ3) is 4.20. The van der Waals surface area contributed by atoms with E-state index in [1.54, 1.807) is 19.1 Å². The van der Waals surface area contributed by atoms with Crippen LogP contribution in [0.1, 0.15) is 5.56 Å². The number of sulfonamides is 1. The monoisotopic (exact) mass is 390 g/mol. The summed E-state index contributed by atoms with van der Waals surface area (Å²) in [5.74, 6) is 0.645. The molecule has 10 nitrogen and oxygen atoms in total. The third-order valence-corrected chi connectivity index (χ3v) is 5.21. The molecule has 0 amide bonds. The van der Waals surface area contributed by atoms with Crippen molar-refractivity contribution in [1.29, 1.82) is 0 Å². The fraction of sp³-hybridized carbons (Fsp3) is 0.250. The summed E-state index contributed by atoms with van der Waals surface area (Å²) >= 11 is 0. The summed E-state index contributed by atoms with van der Waals surface area (Å²) in [6.07, 6.45) is 2.80. The summed E-state index contributed by atoms with van der Waals surface area (Å²) in [6.45, 7) is 1.82. The molecule has 0 fully saturated rings. The number of methoxy groups -OCH3 is 1. The highest BCUT2D eigenvalue weighted by molar-refractivity contribution is 7.89. The molecule has 0 saturated carbocycles. The van der Waals surface area contributed by atoms with Gasteiger partial charge >= 0.3 is 0 Å². The van der Waals surface area contributed by atoms with Crippen molar-refractivity contribution in [2.75, 3.05) is 13.7 Å². The van der Waals surface area contributed by atoms with Crippen molar-refractivity contribution < 1.29 is 13.2 Å². The Hall–Kier alpha value is -3.05. The van der Waals surface area contributed by atoms with Gasteiger partial charge in [-0.1, -0.05) is 6.07 Å². The smallest absolute Gasteiger partial charge is 0.266 e. The van der Waals surface area contributed by atoms with Crippen LogP contribution in [0.15, 0.2) is 52.7 Å². The van der Waals surface area contributed by atoms with Gasteiger partial charge in [-0.25, -0.2) is 27.5 Å². The van der Waals surface area contributed by atoms with Crippen LogP contribution in [0.3, 0.4) is 0 Å². The van der Waals surface area contributed by atoms with Gasteiger partial charge in [0.1, 0.15) is 23.3 Å². The van der Waals surface area contributed by atoms with Gasteiger partial charge < -0.3 is 4.74 Å². The molecule has 0 bridgehead atoms. The first-order chi connectivity index (χ1) is 12.9. The molecule has 0 saturated heterocycles. The van der Waals surface area contributed by atoms with Crippen LogP contribution in [0.25, 0.3) is 5.82 Å². The van der Waals surface area contributed by atoms with Crippen LogP contribution in [0, 0.1) is 6.92 Å². The van der Waals surface area contributed by atoms with Crippen molar-refractivity contribution in [2.24, 2.45) is 0 Å². The van der Waals surface area contributed by atoms with Crippen LogP contribution >= 0.6 is 0 Å². The van der Waals surface area contributed by atoms with Gasteiger partial charge in [-0.05, 0) is 30.7 Å². The largest absolute Gasteiger partial charge is 0.495 e. The van der Waals surface area contributed by atoms with Gasteiger partial charge in [0, 0.05) is 12.6 Å². The van der Waals surface area contributed by atoms with Crippen molar-refractivity contribution in [3.63, 3.8) is 0 Å². The maximum absolute atomic E-state index is 12.6. The molecule has 3 rings (SSSR count). The van der Waals surface area contributed by atoms with Gasteiger partial charge in [0.05, 0.1) is 13.7 Å². The fourth-order valence-electron chi connectivity index (χ4n) is 2.40. The number of nitrogens with one attached hydrogen (secondary N) is 1. The minimum Gasteiger partial charge on any atom is -0.495 e. The van der Waals surface area contributed by atoms with Gasteiger partial charge in [-0.2, -0.15) is 5.10 Å². The van der Waals surface area contributed by atoms with E-state index >= 15 is 0 Å². The average Bonchev–Trinajstić information content (AvgIpc) is 3.18. The summed E-state index contributed by atoms with van der Waals surface area (Å²) in [6, 6.07) is 7.73. The summed E-state index contributed by atoms with van der Waals surface area (Å²) in [4.78, 5) is 15.8. The van der Waals surface area contributed by atoms with Crippen molar-refractivity contribution in [3.05, 3.63) is 58.9 Å². The van der Waals surface area contributed by atoms with Crippen molar-refractivity contribution in [1.82, 2.24) is 29.3 Å². The first-order valence-electron chi connectivity index (χ1n) is 7.98. The fourth-order valence-corrected chi connectivity index (χ4v) is 3.68. The number of aromatic nitrogens is 5. The molecule has 142 valence electrons. The van der Waals surface area contributed by atoms with Crippen LogP contribution in [-0.4, -0.2) is 46.6 Å². The van der Waals surface area contributed by atoms with Crippen LogP contribution in [0.4, 0.5) is 0 Å². The van der Waals surface area contributed by atoms with E-state index < -0.39 is 10.0 Å². The van der Waals surface area contributed by atoms with Gasteiger partial charge in [-0.3, -0.25) is 4.79 Å². The summed E-state index contributed by atoms with van der Waals surface area (Å²) in [5.41, 5.74) is 0.431. The highest BCUT2D eigenvalue weighted by atomic mass is 32.2. The molecule has 2 aromatic heterocycles. The lowest BCUT2D eigenvalue weighted by Gasteiger charge is -2.12. The molecular weight excluding hydrogens is 372 g/mol. The zero-order valence-electron chi connectivity index (χ0n) is 14.7. The molecule has 11 heteroatoms. The molecule has 1 aromatic carbocycles. The van der Waals surface area contributed by atoms with Crippen molar-refractivity contribution >= 4 is 10.0 Å². The van der Waals surface area contributed by atoms with Crippen molar-refractivity contribution in [3.8, 4) is 11.6 Å². The van der Waals surface area contributed by atoms with Crippen molar-refractivity contribution in [2.45, 2.75) is 18.4 Å². The Morgan fingerprint density at radius 2 is 2.04 bits per heavy atom. The number of ether oxygens (including phenoxy) is 1. The van der Waals surface area contributed by atoms with Gasteiger partial charge in [0.25, 0.3) is 5.56 Å². The third-order valence-electron chi connectivity index (χ3n) is 3.73. The van der Waals surface area contributed by atoms with Crippen LogP contribution < -0.4 is 15.0 Å². The Kier molecular flexibility index (Phi) is 5.33. The summed E-state index contributed by atoms with van der Waals surface area (Å²) in [7, 11) is -2.40. The standard InChI is InChI=1S/C16H18N6O4S/c1-12-3-4-13(26-2)14(9-12)27(24,25)19-7-8-21-16(23)6-5-15(20-21)22-11-17-10-18-22/h3-6,9-11,19H,7-8H2,1-2H3. The molecule has 0 aliphatic rings. The molecule has 0 radical (unpaired) electrons. The molecule has 2 heterocycles. The van der Waals surface area contributed by atoms with E-state index in [1.807, 2.05) is 0 Å². The Morgan fingerprint density at radius 1 is 1.22 bits per heavy atom. The maximum Gasteiger partial charge on any atom is 0.266 e. The van der Waals surface area contributed by atoms with Gasteiger partial charge in [0.15, 0.2) is 5.82 Å². The lowest BCUT2D eigenvalue weighted by Crippen LogP contribution is -2.32. The molecule has 0 atom stereocenters. The first-order valence-corrected chi connectivity index (χ1v) is 9.46. The maximum atomic E-state index is 12.6. The van der Waals surface area contributed by atoms with E-state index in [1.165, 1.54) is 42.6 Å². The molecule has 27 heavy (non-hydrogen) atoms. The van der Waals surface area contributed by atoms with E-state index in [-0.39, 0.29) is 29.3 Å². The molecular formula is C16H18N6O4S. The topological polar surface area (TPSA) is 121 Å². The Bertz CT molecular complexity index is 1090. The van der Waals surface area contributed by atoms with Gasteiger partial charge in [0.2, 0.25) is 10.0 Å². The van der Waals surface area contributed by atoms with E-state index in [0.717, 1.165) is 10.2 Å². The molecule has 0 aliphatic heterocycles. The zero-order valence-corrected chi connectivity index (χ0v) is 15.5. The number of rotatable bonds is 7. The SMILES string of the molecule is COc1ccc(C)cc1S(=O)(=O)NCCn1nc(-n2cncn2)ccc1=O. The highest BCUT2D eigenvalue weighted by Crippen LogP contribution is 2.24. The predicted octanol–water partition coefficient (Wildman–Crippen LogP) is 0.120. The lowest BCUT2D eigenvalue weighted by atomic mass is 10.2. The normalized spacial score (nSPS) is 11.5. The molecule has 0 spiro atoms. The van der Waals surface area contributed by atoms with Crippen LogP contribution in [0.5, 0.6) is 5.75 Å². The number of aryl methyl sites for hydroxylation is 1. The average molecular weight is 390 g/mol. The van der Waals surface area contributed by atoms with E-state index in [9.17, 15) is 13.2 Å². The minimum absolute atomic E-state index is 0.0207. The predicted molar refractivity (Wildman–Crippen MR) is 96.3 cm³/mol.